The number of halogens is 1. The molecule has 0 aromatic heterocycles. The molecule has 0 aliphatic heterocycles. The Morgan fingerprint density at radius 3 is 2.59 bits per heavy atom. The van der Waals surface area contributed by atoms with E-state index in [2.05, 4.69) is 27.3 Å². The Morgan fingerprint density at radius 1 is 1.23 bits per heavy atom. The van der Waals surface area contributed by atoms with E-state index in [1.807, 2.05) is 13.0 Å². The van der Waals surface area contributed by atoms with Crippen molar-refractivity contribution in [1.82, 2.24) is 0 Å². The van der Waals surface area contributed by atoms with Crippen LogP contribution in [0.5, 0.6) is 0 Å². The predicted molar refractivity (Wildman–Crippen MR) is 93.2 cm³/mol. The minimum Gasteiger partial charge on any atom is -0.283 e. The third-order valence-electron chi connectivity index (χ3n) is 2.93. The first-order valence-corrected chi connectivity index (χ1v) is 9.00. The van der Waals surface area contributed by atoms with Crippen LogP contribution in [0.2, 0.25) is 0 Å². The normalized spacial score (nSPS) is 11.2. The summed E-state index contributed by atoms with van der Waals surface area (Å²) in [5.41, 5.74) is 1.56. The van der Waals surface area contributed by atoms with Crippen LogP contribution in [0, 0.1) is 20.6 Å². The molecule has 22 heavy (non-hydrogen) atoms. The number of anilines is 1. The molecule has 0 aliphatic carbocycles. The standard InChI is InChI=1S/C14H13IN2O4S/c1-10-7-12(15)5-6-14(10)16-22(20,21)9-11-3-2-4-13(8-11)17(18)19/h2-8,16H,9H2,1H3. The molecule has 0 radical (unpaired) electrons. The van der Waals surface area contributed by atoms with Crippen LogP contribution in [0.4, 0.5) is 11.4 Å². The van der Waals surface area contributed by atoms with E-state index in [1.165, 1.54) is 18.2 Å². The number of nitrogens with zero attached hydrogens (tertiary/aromatic N) is 1. The minimum atomic E-state index is -3.64. The van der Waals surface area contributed by atoms with Crippen LogP contribution in [-0.2, 0) is 15.8 Å². The average Bonchev–Trinajstić information content (AvgIpc) is 2.41. The fraction of sp³-hybridized carbons (Fsp3) is 0.143. The molecule has 0 saturated heterocycles. The Bertz CT molecular complexity index is 821. The van der Waals surface area contributed by atoms with Crippen molar-refractivity contribution < 1.29 is 13.3 Å². The van der Waals surface area contributed by atoms with Gasteiger partial charge in [0.05, 0.1) is 16.4 Å². The van der Waals surface area contributed by atoms with Gasteiger partial charge in [0, 0.05) is 15.7 Å². The molecule has 0 unspecified atom stereocenters. The Morgan fingerprint density at radius 2 is 1.95 bits per heavy atom. The summed E-state index contributed by atoms with van der Waals surface area (Å²) in [6.07, 6.45) is 0. The summed E-state index contributed by atoms with van der Waals surface area (Å²) in [7, 11) is -3.64. The van der Waals surface area contributed by atoms with Gasteiger partial charge in [0.25, 0.3) is 5.69 Å². The van der Waals surface area contributed by atoms with Gasteiger partial charge in [-0.25, -0.2) is 8.42 Å². The van der Waals surface area contributed by atoms with Gasteiger partial charge < -0.3 is 0 Å². The number of benzene rings is 2. The molecule has 0 saturated carbocycles. The first kappa shape index (κ1) is 16.7. The van der Waals surface area contributed by atoms with Gasteiger partial charge in [-0.2, -0.15) is 0 Å². The maximum absolute atomic E-state index is 12.2. The topological polar surface area (TPSA) is 89.3 Å². The molecular weight excluding hydrogens is 419 g/mol. The van der Waals surface area contributed by atoms with E-state index >= 15 is 0 Å². The first-order chi connectivity index (χ1) is 10.3. The van der Waals surface area contributed by atoms with Gasteiger partial charge in [-0.15, -0.1) is 0 Å². The molecule has 116 valence electrons. The highest BCUT2D eigenvalue weighted by Crippen LogP contribution is 2.21. The van der Waals surface area contributed by atoms with Crippen molar-refractivity contribution >= 4 is 44.0 Å². The third kappa shape index (κ3) is 4.41. The largest absolute Gasteiger partial charge is 0.283 e. The van der Waals surface area contributed by atoms with E-state index < -0.39 is 14.9 Å². The second-order valence-corrected chi connectivity index (χ2v) is 7.72. The maximum Gasteiger partial charge on any atom is 0.269 e. The molecule has 0 spiro atoms. The smallest absolute Gasteiger partial charge is 0.269 e. The lowest BCUT2D eigenvalue weighted by atomic mass is 10.2. The van der Waals surface area contributed by atoms with E-state index in [1.54, 1.807) is 18.2 Å². The molecule has 1 N–H and O–H groups in total. The zero-order valence-electron chi connectivity index (χ0n) is 11.6. The molecule has 0 atom stereocenters. The van der Waals surface area contributed by atoms with Gasteiger partial charge in [0.15, 0.2) is 0 Å². The quantitative estimate of drug-likeness (QED) is 0.445. The van der Waals surface area contributed by atoms with Crippen LogP contribution in [0.15, 0.2) is 42.5 Å². The van der Waals surface area contributed by atoms with Gasteiger partial charge in [-0.3, -0.25) is 14.8 Å². The van der Waals surface area contributed by atoms with Gasteiger partial charge in [0.2, 0.25) is 10.0 Å². The molecule has 2 aromatic carbocycles. The maximum atomic E-state index is 12.2. The van der Waals surface area contributed by atoms with E-state index in [9.17, 15) is 18.5 Å². The molecule has 2 rings (SSSR count). The zero-order valence-corrected chi connectivity index (χ0v) is 14.6. The summed E-state index contributed by atoms with van der Waals surface area (Å²) in [5, 5.41) is 10.7. The number of sulfonamides is 1. The number of nitro benzene ring substituents is 1. The van der Waals surface area contributed by atoms with Crippen molar-refractivity contribution in [2.45, 2.75) is 12.7 Å². The number of hydrogen-bond acceptors (Lipinski definition) is 4. The van der Waals surface area contributed by atoms with E-state index in [4.69, 9.17) is 0 Å². The Labute approximate surface area is 141 Å². The van der Waals surface area contributed by atoms with Gasteiger partial charge in [-0.1, -0.05) is 12.1 Å². The van der Waals surface area contributed by atoms with Crippen molar-refractivity contribution in [2.75, 3.05) is 4.72 Å². The number of nitrogens with one attached hydrogen (secondary N) is 1. The molecule has 6 nitrogen and oxygen atoms in total. The second kappa shape index (κ2) is 6.61. The van der Waals surface area contributed by atoms with Crippen molar-refractivity contribution in [3.63, 3.8) is 0 Å². The van der Waals surface area contributed by atoms with Gasteiger partial charge >= 0.3 is 0 Å². The fourth-order valence-corrected chi connectivity index (χ4v) is 3.83. The number of hydrogen-bond donors (Lipinski definition) is 1. The summed E-state index contributed by atoms with van der Waals surface area (Å²) >= 11 is 2.15. The summed E-state index contributed by atoms with van der Waals surface area (Å²) in [5.74, 6) is -0.319. The number of rotatable bonds is 5. The molecule has 0 amide bonds. The predicted octanol–water partition coefficient (Wildman–Crippen LogP) is 3.45. The van der Waals surface area contributed by atoms with Crippen LogP contribution >= 0.6 is 22.6 Å². The van der Waals surface area contributed by atoms with Crippen molar-refractivity contribution in [2.24, 2.45) is 0 Å². The van der Waals surface area contributed by atoms with E-state index in [0.29, 0.717) is 11.3 Å². The van der Waals surface area contributed by atoms with Crippen molar-refractivity contribution in [1.29, 1.82) is 0 Å². The highest BCUT2D eigenvalue weighted by atomic mass is 127. The Hall–Kier alpha value is -1.68. The number of aryl methyl sites for hydroxylation is 1. The molecule has 8 heteroatoms. The monoisotopic (exact) mass is 432 g/mol. The molecular formula is C14H13IN2O4S. The summed E-state index contributed by atoms with van der Waals surface area (Å²) < 4.78 is 27.9. The first-order valence-electron chi connectivity index (χ1n) is 6.27. The van der Waals surface area contributed by atoms with Crippen LogP contribution in [-0.4, -0.2) is 13.3 Å². The molecule has 2 aromatic rings. The highest BCUT2D eigenvalue weighted by molar-refractivity contribution is 14.1. The molecule has 0 fully saturated rings. The average molecular weight is 432 g/mol. The van der Waals surface area contributed by atoms with Crippen LogP contribution in [0.1, 0.15) is 11.1 Å². The molecule has 0 bridgehead atoms. The van der Waals surface area contributed by atoms with E-state index in [0.717, 1.165) is 9.13 Å². The minimum absolute atomic E-state index is 0.127. The molecule has 0 aliphatic rings. The van der Waals surface area contributed by atoms with Crippen LogP contribution < -0.4 is 4.72 Å². The van der Waals surface area contributed by atoms with Gasteiger partial charge in [-0.05, 0) is 58.8 Å². The lowest BCUT2D eigenvalue weighted by molar-refractivity contribution is -0.384. The number of nitro groups is 1. The summed E-state index contributed by atoms with van der Waals surface area (Å²) in [6, 6.07) is 11.0. The van der Waals surface area contributed by atoms with Crippen LogP contribution in [0.25, 0.3) is 0 Å². The fourth-order valence-electron chi connectivity index (χ4n) is 1.92. The lowest BCUT2D eigenvalue weighted by Gasteiger charge is -2.11. The van der Waals surface area contributed by atoms with Gasteiger partial charge in [0.1, 0.15) is 0 Å². The SMILES string of the molecule is Cc1cc(I)ccc1NS(=O)(=O)Cc1cccc([N+](=O)[O-])c1. The Balaban J connectivity index is 2.21. The second-order valence-electron chi connectivity index (χ2n) is 4.75. The molecule has 0 heterocycles. The number of non-ortho nitro benzene ring substituents is 1. The lowest BCUT2D eigenvalue weighted by Crippen LogP contribution is -2.16. The Kier molecular flexibility index (Phi) is 5.01. The summed E-state index contributed by atoms with van der Waals surface area (Å²) in [6.45, 7) is 1.81. The highest BCUT2D eigenvalue weighted by Gasteiger charge is 2.15. The zero-order chi connectivity index (χ0) is 16.3. The van der Waals surface area contributed by atoms with Crippen LogP contribution in [0.3, 0.4) is 0 Å². The third-order valence-corrected chi connectivity index (χ3v) is 4.85. The van der Waals surface area contributed by atoms with Crippen molar-refractivity contribution in [3.05, 3.63) is 67.3 Å². The van der Waals surface area contributed by atoms with E-state index in [-0.39, 0.29) is 11.4 Å². The summed E-state index contributed by atoms with van der Waals surface area (Å²) in [4.78, 5) is 10.2. The van der Waals surface area contributed by atoms with Crippen molar-refractivity contribution in [3.8, 4) is 0 Å².